The van der Waals surface area contributed by atoms with Crippen LogP contribution in [0.1, 0.15) is 43.9 Å². The summed E-state index contributed by atoms with van der Waals surface area (Å²) < 4.78 is 5.71. The van der Waals surface area contributed by atoms with E-state index in [0.29, 0.717) is 18.2 Å². The van der Waals surface area contributed by atoms with E-state index in [0.717, 1.165) is 13.2 Å². The molecule has 21 heavy (non-hydrogen) atoms. The van der Waals surface area contributed by atoms with E-state index >= 15 is 0 Å². The van der Waals surface area contributed by atoms with Gasteiger partial charge in [-0.15, -0.1) is 0 Å². The number of likely N-dealkylation sites (N-methyl/N-ethyl adjacent to an activating group) is 2. The highest BCUT2D eigenvalue weighted by Crippen LogP contribution is 2.31. The molecule has 3 heteroatoms. The lowest BCUT2D eigenvalue weighted by Gasteiger charge is -2.34. The van der Waals surface area contributed by atoms with E-state index in [1.807, 2.05) is 0 Å². The van der Waals surface area contributed by atoms with Gasteiger partial charge in [0, 0.05) is 18.6 Å². The second-order valence-corrected chi connectivity index (χ2v) is 6.32. The van der Waals surface area contributed by atoms with Gasteiger partial charge in [-0.25, -0.2) is 0 Å². The molecule has 0 saturated carbocycles. The van der Waals surface area contributed by atoms with Crippen LogP contribution in [0.25, 0.3) is 0 Å². The molecule has 0 radical (unpaired) electrons. The summed E-state index contributed by atoms with van der Waals surface area (Å²) in [6.45, 7) is 5.99. The molecule has 0 amide bonds. The summed E-state index contributed by atoms with van der Waals surface area (Å²) in [6.07, 6.45) is 4.00. The summed E-state index contributed by atoms with van der Waals surface area (Å²) in [5, 5.41) is 3.55. The topological polar surface area (TPSA) is 24.5 Å². The van der Waals surface area contributed by atoms with Crippen LogP contribution < -0.4 is 5.32 Å². The molecule has 0 bridgehead atoms. The second kappa shape index (κ2) is 7.92. The lowest BCUT2D eigenvalue weighted by atomic mass is 9.95. The van der Waals surface area contributed by atoms with Crippen LogP contribution in [0.5, 0.6) is 0 Å². The molecule has 2 rings (SSSR count). The van der Waals surface area contributed by atoms with Crippen molar-refractivity contribution in [1.29, 1.82) is 0 Å². The first kappa shape index (κ1) is 16.5. The molecular formula is C18H30N2O. The average Bonchev–Trinajstić information content (AvgIpc) is 2.65. The second-order valence-electron chi connectivity index (χ2n) is 6.32. The fourth-order valence-corrected chi connectivity index (χ4v) is 3.36. The van der Waals surface area contributed by atoms with E-state index in [-0.39, 0.29) is 0 Å². The number of benzene rings is 1. The maximum atomic E-state index is 5.71. The van der Waals surface area contributed by atoms with E-state index in [4.69, 9.17) is 4.74 Å². The van der Waals surface area contributed by atoms with Gasteiger partial charge in [0.15, 0.2) is 0 Å². The third-order valence-electron chi connectivity index (χ3n) is 4.49. The Morgan fingerprint density at radius 3 is 2.81 bits per heavy atom. The minimum Gasteiger partial charge on any atom is -0.377 e. The number of nitrogens with one attached hydrogen (secondary N) is 1. The zero-order valence-corrected chi connectivity index (χ0v) is 13.9. The largest absolute Gasteiger partial charge is 0.377 e. The Morgan fingerprint density at radius 2 is 2.10 bits per heavy atom. The van der Waals surface area contributed by atoms with Crippen molar-refractivity contribution in [3.63, 3.8) is 0 Å². The van der Waals surface area contributed by atoms with Crippen molar-refractivity contribution >= 4 is 0 Å². The molecule has 118 valence electrons. The number of aryl methyl sites for hydroxylation is 1. The highest BCUT2D eigenvalue weighted by molar-refractivity contribution is 5.32. The molecule has 0 aliphatic heterocycles. The maximum Gasteiger partial charge on any atom is 0.0596 e. The molecule has 2 unspecified atom stereocenters. The summed E-state index contributed by atoms with van der Waals surface area (Å²) in [4.78, 5) is 2.46. The molecule has 0 aromatic heterocycles. The Kier molecular flexibility index (Phi) is 6.22. The van der Waals surface area contributed by atoms with Crippen molar-refractivity contribution in [2.75, 3.05) is 27.2 Å². The van der Waals surface area contributed by atoms with E-state index in [1.165, 1.54) is 30.4 Å². The first-order valence-corrected chi connectivity index (χ1v) is 8.20. The molecule has 2 atom stereocenters. The summed E-state index contributed by atoms with van der Waals surface area (Å²) >= 11 is 0. The van der Waals surface area contributed by atoms with Gasteiger partial charge in [-0.05, 0) is 58.3 Å². The van der Waals surface area contributed by atoms with Crippen LogP contribution in [0.4, 0.5) is 0 Å². The molecule has 1 aromatic carbocycles. The number of hydrogen-bond donors (Lipinski definition) is 1. The zero-order valence-electron chi connectivity index (χ0n) is 13.9. The SMILES string of the molecule is CNC1c2ccccc2CCCC1N(C)CCOC(C)C. The van der Waals surface area contributed by atoms with Crippen molar-refractivity contribution < 1.29 is 4.74 Å². The van der Waals surface area contributed by atoms with E-state index in [1.54, 1.807) is 0 Å². The van der Waals surface area contributed by atoms with Gasteiger partial charge in [0.25, 0.3) is 0 Å². The van der Waals surface area contributed by atoms with Crippen LogP contribution in [0.2, 0.25) is 0 Å². The van der Waals surface area contributed by atoms with Crippen LogP contribution in [0.3, 0.4) is 0 Å². The van der Waals surface area contributed by atoms with Gasteiger partial charge in [0.1, 0.15) is 0 Å². The van der Waals surface area contributed by atoms with Crippen molar-refractivity contribution in [2.45, 2.75) is 51.3 Å². The molecule has 1 aromatic rings. The minimum absolute atomic E-state index is 0.313. The number of hydrogen-bond acceptors (Lipinski definition) is 3. The Morgan fingerprint density at radius 1 is 1.33 bits per heavy atom. The van der Waals surface area contributed by atoms with Crippen LogP contribution in [-0.2, 0) is 11.2 Å². The zero-order chi connectivity index (χ0) is 15.2. The quantitative estimate of drug-likeness (QED) is 0.815. The average molecular weight is 290 g/mol. The van der Waals surface area contributed by atoms with Crippen LogP contribution in [0.15, 0.2) is 24.3 Å². The van der Waals surface area contributed by atoms with Gasteiger partial charge in [-0.3, -0.25) is 4.90 Å². The maximum absolute atomic E-state index is 5.71. The minimum atomic E-state index is 0.313. The van der Waals surface area contributed by atoms with Crippen molar-refractivity contribution in [3.8, 4) is 0 Å². The number of ether oxygens (including phenoxy) is 1. The lowest BCUT2D eigenvalue weighted by molar-refractivity contribution is 0.0505. The third kappa shape index (κ3) is 4.29. The van der Waals surface area contributed by atoms with Gasteiger partial charge in [0.2, 0.25) is 0 Å². The highest BCUT2D eigenvalue weighted by Gasteiger charge is 2.29. The predicted octanol–water partition coefficient (Wildman–Crippen LogP) is 3.01. The Hall–Kier alpha value is -0.900. The Labute approximate surface area is 129 Å². The first-order valence-electron chi connectivity index (χ1n) is 8.20. The number of nitrogens with zero attached hydrogens (tertiary/aromatic N) is 1. The molecule has 0 heterocycles. The summed E-state index contributed by atoms with van der Waals surface area (Å²) in [5.41, 5.74) is 2.98. The normalized spacial score (nSPS) is 22.4. The van der Waals surface area contributed by atoms with Gasteiger partial charge >= 0.3 is 0 Å². The molecule has 1 N–H and O–H groups in total. The predicted molar refractivity (Wildman–Crippen MR) is 88.7 cm³/mol. The standard InChI is InChI=1S/C18H30N2O/c1-14(2)21-13-12-20(4)17-11-7-9-15-8-5-6-10-16(15)18(17)19-3/h5-6,8,10,14,17-19H,7,9,11-13H2,1-4H3. The summed E-state index contributed by atoms with van der Waals surface area (Å²) in [6, 6.07) is 9.83. The van der Waals surface area contributed by atoms with Crippen LogP contribution in [0, 0.1) is 0 Å². The fraction of sp³-hybridized carbons (Fsp3) is 0.667. The molecule has 0 saturated heterocycles. The summed E-state index contributed by atoms with van der Waals surface area (Å²) in [5.74, 6) is 0. The molecular weight excluding hydrogens is 260 g/mol. The van der Waals surface area contributed by atoms with Crippen molar-refractivity contribution in [2.24, 2.45) is 0 Å². The summed E-state index contributed by atoms with van der Waals surface area (Å²) in [7, 11) is 4.31. The van der Waals surface area contributed by atoms with Crippen LogP contribution in [-0.4, -0.2) is 44.3 Å². The molecule has 0 fully saturated rings. The van der Waals surface area contributed by atoms with Gasteiger partial charge < -0.3 is 10.1 Å². The van der Waals surface area contributed by atoms with Crippen molar-refractivity contribution in [1.82, 2.24) is 10.2 Å². The first-order chi connectivity index (χ1) is 10.1. The van der Waals surface area contributed by atoms with E-state index < -0.39 is 0 Å². The Balaban J connectivity index is 2.08. The smallest absolute Gasteiger partial charge is 0.0596 e. The Bertz CT molecular complexity index is 433. The molecule has 1 aliphatic rings. The lowest BCUT2D eigenvalue weighted by Crippen LogP contribution is -2.43. The van der Waals surface area contributed by atoms with Gasteiger partial charge in [-0.2, -0.15) is 0 Å². The van der Waals surface area contributed by atoms with E-state index in [2.05, 4.69) is 62.4 Å². The molecule has 0 spiro atoms. The van der Waals surface area contributed by atoms with Gasteiger partial charge in [-0.1, -0.05) is 24.3 Å². The molecule has 3 nitrogen and oxygen atoms in total. The van der Waals surface area contributed by atoms with E-state index in [9.17, 15) is 0 Å². The number of rotatable bonds is 6. The van der Waals surface area contributed by atoms with Crippen molar-refractivity contribution in [3.05, 3.63) is 35.4 Å². The molecule has 1 aliphatic carbocycles. The monoisotopic (exact) mass is 290 g/mol. The highest BCUT2D eigenvalue weighted by atomic mass is 16.5. The van der Waals surface area contributed by atoms with Gasteiger partial charge in [0.05, 0.1) is 12.7 Å². The third-order valence-corrected chi connectivity index (χ3v) is 4.49. The fourth-order valence-electron chi connectivity index (χ4n) is 3.36. The number of fused-ring (bicyclic) bond motifs is 1. The van der Waals surface area contributed by atoms with Crippen LogP contribution >= 0.6 is 0 Å².